The van der Waals surface area contributed by atoms with Gasteiger partial charge in [-0.1, -0.05) is 24.6 Å². The maximum absolute atomic E-state index is 6.19. The van der Waals surface area contributed by atoms with Crippen LogP contribution in [0.1, 0.15) is 33.2 Å². The smallest absolute Gasteiger partial charge is 0.164 e. The molecule has 0 saturated carbocycles. The van der Waals surface area contributed by atoms with Crippen LogP contribution in [0.5, 0.6) is 0 Å². The minimum atomic E-state index is -0.537. The average molecular weight is 319 g/mol. The highest BCUT2D eigenvalue weighted by molar-refractivity contribution is 6.34. The molecule has 2 aromatic rings. The number of aromatic nitrogens is 2. The first-order valence-electron chi connectivity index (χ1n) is 7.67. The summed E-state index contributed by atoms with van der Waals surface area (Å²) in [5, 5.41) is 1.51. The van der Waals surface area contributed by atoms with Gasteiger partial charge in [-0.05, 0) is 38.0 Å². The van der Waals surface area contributed by atoms with E-state index in [0.717, 1.165) is 17.3 Å². The van der Waals surface area contributed by atoms with Crippen LogP contribution in [0.25, 0.3) is 10.9 Å². The van der Waals surface area contributed by atoms with Gasteiger partial charge in [0.25, 0.3) is 0 Å². The largest absolute Gasteiger partial charge is 0.342 e. The lowest BCUT2D eigenvalue weighted by molar-refractivity contribution is -0.147. The van der Waals surface area contributed by atoms with Crippen molar-refractivity contribution in [1.29, 1.82) is 0 Å². The summed E-state index contributed by atoms with van der Waals surface area (Å²) in [5.74, 6) is -0.537. The molecule has 2 aliphatic rings. The number of halogens is 1. The number of hydrogen-bond donors (Lipinski definition) is 0. The van der Waals surface area contributed by atoms with Crippen molar-refractivity contribution in [3.8, 4) is 0 Å². The summed E-state index contributed by atoms with van der Waals surface area (Å²) in [7, 11) is 0. The van der Waals surface area contributed by atoms with E-state index in [-0.39, 0.29) is 18.2 Å². The van der Waals surface area contributed by atoms with E-state index in [4.69, 9.17) is 21.1 Å². The molecule has 22 heavy (non-hydrogen) atoms. The summed E-state index contributed by atoms with van der Waals surface area (Å²) in [5.41, 5.74) is 2.38. The highest BCUT2D eigenvalue weighted by atomic mass is 35.5. The first-order valence-corrected chi connectivity index (χ1v) is 8.05. The molecule has 116 valence electrons. The molecule has 0 N–H and O–H groups in total. The predicted molar refractivity (Wildman–Crippen MR) is 86.0 cm³/mol. The van der Waals surface area contributed by atoms with Crippen molar-refractivity contribution in [3.05, 3.63) is 41.3 Å². The van der Waals surface area contributed by atoms with E-state index in [9.17, 15) is 0 Å². The predicted octanol–water partition coefficient (Wildman–Crippen LogP) is 4.10. The molecule has 1 aliphatic carbocycles. The van der Waals surface area contributed by atoms with Crippen molar-refractivity contribution < 1.29 is 9.47 Å². The molecule has 4 rings (SSSR count). The van der Waals surface area contributed by atoms with Crippen LogP contribution in [0.3, 0.4) is 0 Å². The van der Waals surface area contributed by atoms with Crippen LogP contribution in [-0.2, 0) is 9.47 Å². The second kappa shape index (κ2) is 4.82. The van der Waals surface area contributed by atoms with Crippen molar-refractivity contribution in [2.75, 3.05) is 0 Å². The van der Waals surface area contributed by atoms with Gasteiger partial charge in [0.05, 0.1) is 11.6 Å². The lowest BCUT2D eigenvalue weighted by atomic mass is 10.1. The molecule has 1 aliphatic heterocycles. The Bertz CT molecular complexity index is 765. The van der Waals surface area contributed by atoms with Crippen molar-refractivity contribution in [2.24, 2.45) is 0 Å². The molecule has 0 amide bonds. The molecule has 3 heterocycles. The van der Waals surface area contributed by atoms with Gasteiger partial charge in [-0.2, -0.15) is 0 Å². The molecule has 0 unspecified atom stereocenters. The molecular weight excluding hydrogens is 300 g/mol. The number of nitrogens with zero attached hydrogens (tertiary/aromatic N) is 2. The molecule has 0 spiro atoms. The monoisotopic (exact) mass is 318 g/mol. The Balaban J connectivity index is 1.81. The van der Waals surface area contributed by atoms with Crippen LogP contribution in [0.4, 0.5) is 0 Å². The molecule has 0 bridgehead atoms. The van der Waals surface area contributed by atoms with E-state index in [1.807, 2.05) is 26.0 Å². The Kier molecular flexibility index (Phi) is 3.12. The van der Waals surface area contributed by atoms with Crippen LogP contribution in [-0.4, -0.2) is 27.5 Å². The van der Waals surface area contributed by atoms with Crippen LogP contribution < -0.4 is 0 Å². The zero-order valence-corrected chi connectivity index (χ0v) is 13.7. The molecule has 0 radical (unpaired) electrons. The molecule has 3 atom stereocenters. The van der Waals surface area contributed by atoms with Crippen LogP contribution in [0, 0.1) is 0 Å². The van der Waals surface area contributed by atoms with Crippen LogP contribution >= 0.6 is 11.6 Å². The minimum absolute atomic E-state index is 0.00694. The summed E-state index contributed by atoms with van der Waals surface area (Å²) < 4.78 is 14.5. The van der Waals surface area contributed by atoms with Crippen molar-refractivity contribution in [3.63, 3.8) is 0 Å². The van der Waals surface area contributed by atoms with Crippen molar-refractivity contribution in [2.45, 2.75) is 51.2 Å². The van der Waals surface area contributed by atoms with Gasteiger partial charge in [-0.25, -0.2) is 4.98 Å². The number of pyridine rings is 1. The Morgan fingerprint density at radius 2 is 2.14 bits per heavy atom. The van der Waals surface area contributed by atoms with Crippen molar-refractivity contribution >= 4 is 22.5 Å². The zero-order valence-electron chi connectivity index (χ0n) is 12.9. The van der Waals surface area contributed by atoms with Crippen LogP contribution in [0.2, 0.25) is 5.15 Å². The van der Waals surface area contributed by atoms with Gasteiger partial charge in [0.1, 0.15) is 17.4 Å². The number of ether oxygens (including phenoxy) is 2. The Labute approximate surface area is 134 Å². The maximum atomic E-state index is 6.19. The molecule has 1 saturated heterocycles. The zero-order chi connectivity index (χ0) is 15.5. The van der Waals surface area contributed by atoms with Gasteiger partial charge in [0.15, 0.2) is 5.79 Å². The summed E-state index contributed by atoms with van der Waals surface area (Å²) in [6, 6.07) is 4.13. The standard InChI is InChI=1S/C17H19ClN2O2/c1-4-10-9-13(15-14(10)21-17(2,3)22-15)20-8-6-11-12(20)5-7-19-16(11)18/h5-9,13-15H,4H2,1-3H3/t13-,14-,15+/m1/s1. The fourth-order valence-corrected chi connectivity index (χ4v) is 3.82. The van der Waals surface area contributed by atoms with E-state index in [1.54, 1.807) is 6.20 Å². The third-order valence-corrected chi connectivity index (χ3v) is 4.85. The first-order chi connectivity index (χ1) is 10.5. The number of rotatable bonds is 2. The third-order valence-electron chi connectivity index (χ3n) is 4.54. The highest BCUT2D eigenvalue weighted by Crippen LogP contribution is 2.45. The van der Waals surface area contributed by atoms with Gasteiger partial charge in [0, 0.05) is 17.8 Å². The van der Waals surface area contributed by atoms with Gasteiger partial charge < -0.3 is 14.0 Å². The second-order valence-corrected chi connectivity index (χ2v) is 6.72. The second-order valence-electron chi connectivity index (χ2n) is 6.36. The molecule has 0 aromatic carbocycles. The molecule has 5 heteroatoms. The third kappa shape index (κ3) is 2.02. The first kappa shape index (κ1) is 14.2. The van der Waals surface area contributed by atoms with E-state index < -0.39 is 5.79 Å². The fraction of sp³-hybridized carbons (Fsp3) is 0.471. The van der Waals surface area contributed by atoms with Gasteiger partial charge in [0.2, 0.25) is 0 Å². The maximum Gasteiger partial charge on any atom is 0.164 e. The van der Waals surface area contributed by atoms with Crippen LogP contribution in [0.15, 0.2) is 36.2 Å². The lowest BCUT2D eigenvalue weighted by Gasteiger charge is -2.22. The molecule has 4 nitrogen and oxygen atoms in total. The van der Waals surface area contributed by atoms with E-state index >= 15 is 0 Å². The lowest BCUT2D eigenvalue weighted by Crippen LogP contribution is -2.27. The topological polar surface area (TPSA) is 36.3 Å². The SMILES string of the molecule is CCC1=C[C@@H](n2ccc3c(Cl)nccc32)[C@@H]2OC(C)(C)O[C@H]12. The highest BCUT2D eigenvalue weighted by Gasteiger charge is 2.50. The quantitative estimate of drug-likeness (QED) is 0.618. The Morgan fingerprint density at radius 3 is 2.91 bits per heavy atom. The number of hydrogen-bond acceptors (Lipinski definition) is 3. The number of fused-ring (bicyclic) bond motifs is 2. The van der Waals surface area contributed by atoms with Gasteiger partial charge in [-0.15, -0.1) is 0 Å². The Hall–Kier alpha value is -1.36. The minimum Gasteiger partial charge on any atom is -0.342 e. The Morgan fingerprint density at radius 1 is 1.32 bits per heavy atom. The van der Waals surface area contributed by atoms with Gasteiger partial charge >= 0.3 is 0 Å². The van der Waals surface area contributed by atoms with E-state index in [0.29, 0.717) is 5.15 Å². The van der Waals surface area contributed by atoms with Gasteiger partial charge in [-0.3, -0.25) is 0 Å². The summed E-state index contributed by atoms with van der Waals surface area (Å²) in [4.78, 5) is 4.15. The summed E-state index contributed by atoms with van der Waals surface area (Å²) in [6.45, 7) is 6.11. The normalized spacial score (nSPS) is 29.8. The van der Waals surface area contributed by atoms with E-state index in [1.165, 1.54) is 5.57 Å². The molecular formula is C17H19ClN2O2. The molecule has 1 fully saturated rings. The van der Waals surface area contributed by atoms with Crippen molar-refractivity contribution in [1.82, 2.24) is 9.55 Å². The molecule has 2 aromatic heterocycles. The fourth-order valence-electron chi connectivity index (χ4n) is 3.60. The summed E-state index contributed by atoms with van der Waals surface area (Å²) >= 11 is 6.19. The average Bonchev–Trinajstić information content (AvgIpc) is 3.10. The van der Waals surface area contributed by atoms with E-state index in [2.05, 4.69) is 28.7 Å². The summed E-state index contributed by atoms with van der Waals surface area (Å²) in [6.07, 6.45) is 7.10.